The van der Waals surface area contributed by atoms with E-state index >= 15 is 0 Å². The maximum absolute atomic E-state index is 14.1. The van der Waals surface area contributed by atoms with Crippen molar-refractivity contribution in [1.82, 2.24) is 9.34 Å². The summed E-state index contributed by atoms with van der Waals surface area (Å²) in [5.41, 5.74) is 1.17. The maximum Gasteiger partial charge on any atom is 0.308 e. The number of fused-ring (bicyclic) bond motifs is 1. The zero-order valence-electron chi connectivity index (χ0n) is 17.7. The van der Waals surface area contributed by atoms with Crippen molar-refractivity contribution in [3.8, 4) is 0 Å². The summed E-state index contributed by atoms with van der Waals surface area (Å²) in [7, 11) is 1.30. The van der Waals surface area contributed by atoms with Crippen LogP contribution in [0, 0.1) is 11.8 Å². The van der Waals surface area contributed by atoms with Crippen LogP contribution >= 0.6 is 7.44 Å². The molecule has 0 bridgehead atoms. The van der Waals surface area contributed by atoms with E-state index < -0.39 is 7.44 Å². The minimum Gasteiger partial charge on any atom is -0.465 e. The summed E-state index contributed by atoms with van der Waals surface area (Å²) < 4.78 is 23.6. The van der Waals surface area contributed by atoms with Gasteiger partial charge in [-0.3, -0.25) is 9.36 Å². The first-order valence-corrected chi connectivity index (χ1v) is 12.6. The van der Waals surface area contributed by atoms with Crippen molar-refractivity contribution in [2.75, 3.05) is 20.7 Å². The second kappa shape index (κ2) is 8.37. The lowest BCUT2D eigenvalue weighted by atomic mass is 9.76. The molecular weight excluding hydrogens is 383 g/mol. The largest absolute Gasteiger partial charge is 0.465 e. The Balaban J connectivity index is 1.66. The summed E-state index contributed by atoms with van der Waals surface area (Å²) in [6.45, 7) is 2.42. The minimum atomic E-state index is -2.75. The Bertz CT molecular complexity index is 790. The Morgan fingerprint density at radius 2 is 1.69 bits per heavy atom. The van der Waals surface area contributed by atoms with Gasteiger partial charge in [0.05, 0.1) is 12.5 Å². The highest BCUT2D eigenvalue weighted by Gasteiger charge is 2.50. The van der Waals surface area contributed by atoms with Gasteiger partial charge in [0, 0.05) is 23.8 Å². The summed E-state index contributed by atoms with van der Waals surface area (Å²) in [6, 6.07) is 11.1. The first-order chi connectivity index (χ1) is 13.9. The van der Waals surface area contributed by atoms with Crippen molar-refractivity contribution in [2.45, 2.75) is 57.0 Å². The number of allylic oxidation sites excluding steroid dienone is 1. The molecule has 3 aliphatic rings. The van der Waals surface area contributed by atoms with Crippen LogP contribution in [0.15, 0.2) is 42.2 Å². The molecule has 1 aliphatic carbocycles. The number of esters is 1. The molecule has 1 unspecified atom stereocenters. The molecule has 2 heterocycles. The third-order valence-electron chi connectivity index (χ3n) is 7.40. The molecule has 1 aromatic rings. The molecule has 2 saturated heterocycles. The van der Waals surface area contributed by atoms with E-state index in [9.17, 15) is 9.36 Å². The molecule has 0 spiro atoms. The predicted molar refractivity (Wildman–Crippen MR) is 116 cm³/mol. The van der Waals surface area contributed by atoms with Gasteiger partial charge in [0.25, 0.3) is 0 Å². The summed E-state index contributed by atoms with van der Waals surface area (Å²) >= 11 is 0. The number of hydrogen-bond donors (Lipinski definition) is 0. The minimum absolute atomic E-state index is 0.0503. The van der Waals surface area contributed by atoms with Crippen molar-refractivity contribution in [3.63, 3.8) is 0 Å². The number of ether oxygens (including phenoxy) is 1. The van der Waals surface area contributed by atoms with Crippen molar-refractivity contribution in [2.24, 2.45) is 11.8 Å². The van der Waals surface area contributed by atoms with E-state index in [4.69, 9.17) is 4.74 Å². The van der Waals surface area contributed by atoms with E-state index in [1.807, 2.05) is 45.0 Å². The average Bonchev–Trinajstić information content (AvgIpc) is 2.94. The van der Waals surface area contributed by atoms with Crippen LogP contribution in [0.5, 0.6) is 0 Å². The SMILES string of the molecule is C[C@@H]1C(=O)OCCC1[C@H](/C=C/P1(=O)N(C)[C@@H]2CCCC[C@H]2N1C)c1ccccc1. The number of carbonyl (C=O) groups excluding carboxylic acids is 1. The van der Waals surface area contributed by atoms with E-state index in [2.05, 4.69) is 27.5 Å². The van der Waals surface area contributed by atoms with Crippen LogP contribution < -0.4 is 0 Å². The highest BCUT2D eigenvalue weighted by molar-refractivity contribution is 7.62. The first kappa shape index (κ1) is 20.8. The summed E-state index contributed by atoms with van der Waals surface area (Å²) in [6.07, 6.45) is 7.64. The molecule has 1 saturated carbocycles. The van der Waals surface area contributed by atoms with E-state index in [0.717, 1.165) is 19.3 Å². The monoisotopic (exact) mass is 416 g/mol. The van der Waals surface area contributed by atoms with Gasteiger partial charge in [-0.1, -0.05) is 56.2 Å². The standard InChI is InChI=1S/C23H33N2O3P/c1-17-19(13-15-28-23(17)26)20(18-9-5-4-6-10-18)14-16-29(27)24(2)21-11-7-8-12-22(21)25(29)3/h4-6,9-10,14,16-17,19-22H,7-8,11-13,15H2,1-3H3/b16-14+/t17-,19?,20+,21+,22+/m0/s1. The smallest absolute Gasteiger partial charge is 0.308 e. The predicted octanol–water partition coefficient (Wildman–Crippen LogP) is 4.86. The summed E-state index contributed by atoms with van der Waals surface area (Å²) in [5.74, 6) is 1.89. The molecule has 0 radical (unpaired) electrons. The molecule has 3 fully saturated rings. The molecule has 6 heteroatoms. The van der Waals surface area contributed by atoms with E-state index in [1.54, 1.807) is 0 Å². The average molecular weight is 417 g/mol. The van der Waals surface area contributed by atoms with Crippen LogP contribution in [0.25, 0.3) is 0 Å². The van der Waals surface area contributed by atoms with Gasteiger partial charge in [-0.2, -0.15) is 0 Å². The van der Waals surface area contributed by atoms with E-state index in [1.165, 1.54) is 18.4 Å². The Hall–Kier alpha value is -1.42. The van der Waals surface area contributed by atoms with E-state index in [0.29, 0.717) is 18.7 Å². The molecular formula is C23H33N2O3P. The van der Waals surface area contributed by atoms with Crippen LogP contribution in [0.3, 0.4) is 0 Å². The molecule has 4 rings (SSSR count). The Morgan fingerprint density at radius 1 is 1.07 bits per heavy atom. The number of likely N-dealkylation sites (N-methyl/N-ethyl adjacent to an activating group) is 2. The molecule has 29 heavy (non-hydrogen) atoms. The van der Waals surface area contributed by atoms with Crippen molar-refractivity contribution in [1.29, 1.82) is 0 Å². The highest BCUT2D eigenvalue weighted by Crippen LogP contribution is 2.63. The molecule has 0 amide bonds. The number of nitrogens with zero attached hydrogens (tertiary/aromatic N) is 2. The molecule has 0 aromatic heterocycles. The van der Waals surface area contributed by atoms with Crippen LogP contribution in [-0.2, 0) is 14.1 Å². The zero-order valence-corrected chi connectivity index (χ0v) is 18.6. The maximum atomic E-state index is 14.1. The lowest BCUT2D eigenvalue weighted by Crippen LogP contribution is -2.37. The van der Waals surface area contributed by atoms with Crippen molar-refractivity contribution >= 4 is 13.4 Å². The van der Waals surface area contributed by atoms with Crippen LogP contribution in [0.1, 0.15) is 50.5 Å². The lowest BCUT2D eigenvalue weighted by Gasteiger charge is -2.33. The number of rotatable bonds is 4. The molecule has 158 valence electrons. The van der Waals surface area contributed by atoms with E-state index in [-0.39, 0.29) is 23.7 Å². The molecule has 0 N–H and O–H groups in total. The van der Waals surface area contributed by atoms with Gasteiger partial charge in [0.15, 0.2) is 0 Å². The van der Waals surface area contributed by atoms with Crippen molar-refractivity contribution in [3.05, 3.63) is 47.8 Å². The topological polar surface area (TPSA) is 49.9 Å². The van der Waals surface area contributed by atoms with Gasteiger partial charge in [-0.25, -0.2) is 9.34 Å². The first-order valence-electron chi connectivity index (χ1n) is 10.9. The second-order valence-corrected chi connectivity index (χ2v) is 11.6. The van der Waals surface area contributed by atoms with Gasteiger partial charge in [0.1, 0.15) is 0 Å². The summed E-state index contributed by atoms with van der Waals surface area (Å²) in [5, 5.41) is 0. The highest BCUT2D eigenvalue weighted by atomic mass is 31.2. The molecule has 1 aromatic carbocycles. The quantitative estimate of drug-likeness (QED) is 0.518. The number of carbonyl (C=O) groups is 1. The molecule has 5 atom stereocenters. The normalized spacial score (nSPS) is 34.1. The van der Waals surface area contributed by atoms with Crippen molar-refractivity contribution < 1.29 is 14.1 Å². The fraction of sp³-hybridized carbons (Fsp3) is 0.609. The Labute approximate surface area is 174 Å². The second-order valence-electron chi connectivity index (χ2n) is 8.84. The number of benzene rings is 1. The van der Waals surface area contributed by atoms with Gasteiger partial charge >= 0.3 is 5.97 Å². The number of hydrogen-bond acceptors (Lipinski definition) is 3. The lowest BCUT2D eigenvalue weighted by molar-refractivity contribution is -0.155. The van der Waals surface area contributed by atoms with Gasteiger partial charge in [0.2, 0.25) is 7.44 Å². The molecule has 5 nitrogen and oxygen atoms in total. The van der Waals surface area contributed by atoms with Gasteiger partial charge < -0.3 is 4.74 Å². The van der Waals surface area contributed by atoms with Crippen LogP contribution in [0.2, 0.25) is 0 Å². The third kappa shape index (κ3) is 3.73. The Kier molecular flexibility index (Phi) is 6.02. The molecule has 2 aliphatic heterocycles. The Morgan fingerprint density at radius 3 is 2.31 bits per heavy atom. The summed E-state index contributed by atoms with van der Waals surface area (Å²) in [4.78, 5) is 12.2. The third-order valence-corrected chi connectivity index (χ3v) is 10.4. The zero-order chi connectivity index (χ0) is 20.6. The van der Waals surface area contributed by atoms with Crippen LogP contribution in [-0.4, -0.2) is 48.1 Å². The fourth-order valence-corrected chi connectivity index (χ4v) is 8.21. The fourth-order valence-electron chi connectivity index (χ4n) is 5.54. The van der Waals surface area contributed by atoms with Gasteiger partial charge in [-0.15, -0.1) is 0 Å². The van der Waals surface area contributed by atoms with Gasteiger partial charge in [-0.05, 0) is 44.8 Å². The number of cyclic esters (lactones) is 1. The van der Waals surface area contributed by atoms with Crippen LogP contribution in [0.4, 0.5) is 0 Å².